The summed E-state index contributed by atoms with van der Waals surface area (Å²) >= 11 is 3.04. The molecule has 0 aliphatic carbocycles. The van der Waals surface area contributed by atoms with E-state index in [1.54, 1.807) is 17.4 Å². The van der Waals surface area contributed by atoms with E-state index in [9.17, 15) is 4.79 Å². The summed E-state index contributed by atoms with van der Waals surface area (Å²) in [5.74, 6) is 5.74. The van der Waals surface area contributed by atoms with E-state index >= 15 is 0 Å². The first kappa shape index (κ1) is 15.8. The van der Waals surface area contributed by atoms with E-state index in [0.29, 0.717) is 11.3 Å². The maximum Gasteiger partial charge on any atom is 0.261 e. The van der Waals surface area contributed by atoms with Crippen molar-refractivity contribution in [2.75, 3.05) is 6.61 Å². The first-order valence-corrected chi connectivity index (χ1v) is 8.46. The van der Waals surface area contributed by atoms with Crippen LogP contribution in [0.25, 0.3) is 0 Å². The molecule has 0 spiro atoms. The Hall–Kier alpha value is -1.61. The number of hydrogen-bond acceptors (Lipinski definition) is 4. The average molecular weight is 319 g/mol. The predicted molar refractivity (Wildman–Crippen MR) is 87.9 cm³/mol. The molecule has 1 unspecified atom stereocenters. The van der Waals surface area contributed by atoms with Gasteiger partial charge in [-0.25, -0.2) is 0 Å². The van der Waals surface area contributed by atoms with E-state index in [1.807, 2.05) is 18.4 Å². The van der Waals surface area contributed by atoms with Gasteiger partial charge in [-0.1, -0.05) is 11.8 Å². The Labute approximate surface area is 132 Å². The van der Waals surface area contributed by atoms with E-state index in [-0.39, 0.29) is 18.6 Å². The fourth-order valence-electron chi connectivity index (χ4n) is 1.84. The summed E-state index contributed by atoms with van der Waals surface area (Å²) in [6.07, 6.45) is 1.29. The van der Waals surface area contributed by atoms with Crippen LogP contribution in [0.15, 0.2) is 29.0 Å². The normalized spacial score (nSPS) is 11.5. The minimum Gasteiger partial charge on any atom is -0.395 e. The second-order valence-corrected chi connectivity index (χ2v) is 6.51. The average Bonchev–Trinajstić information content (AvgIpc) is 3.10. The first-order chi connectivity index (χ1) is 10.2. The van der Waals surface area contributed by atoms with Crippen LogP contribution in [-0.4, -0.2) is 23.7 Å². The summed E-state index contributed by atoms with van der Waals surface area (Å²) in [6, 6.07) is 5.80. The molecule has 21 heavy (non-hydrogen) atoms. The number of rotatable bonds is 5. The van der Waals surface area contributed by atoms with E-state index < -0.39 is 0 Å². The molecule has 0 saturated heterocycles. The fourth-order valence-corrected chi connectivity index (χ4v) is 3.31. The number of nitrogens with one attached hydrogen (secondary N) is 1. The Morgan fingerprint density at radius 3 is 3.00 bits per heavy atom. The van der Waals surface area contributed by atoms with Gasteiger partial charge in [0.25, 0.3) is 5.91 Å². The highest BCUT2D eigenvalue weighted by Gasteiger charge is 2.12. The Morgan fingerprint density at radius 2 is 2.29 bits per heavy atom. The van der Waals surface area contributed by atoms with Crippen LogP contribution < -0.4 is 5.32 Å². The third kappa shape index (κ3) is 5.01. The molecule has 0 radical (unpaired) electrons. The molecule has 2 aromatic rings. The molecule has 0 saturated carbocycles. The summed E-state index contributed by atoms with van der Waals surface area (Å²) in [6.45, 7) is 2.07. The van der Waals surface area contributed by atoms with Crippen LogP contribution in [0.5, 0.6) is 0 Å². The lowest BCUT2D eigenvalue weighted by Crippen LogP contribution is -2.33. The van der Waals surface area contributed by atoms with Gasteiger partial charge in [0.05, 0.1) is 16.4 Å². The Kier molecular flexibility index (Phi) is 6.00. The van der Waals surface area contributed by atoms with Gasteiger partial charge in [-0.15, -0.1) is 11.3 Å². The van der Waals surface area contributed by atoms with Gasteiger partial charge in [-0.05, 0) is 47.9 Å². The number of carbonyl (C=O) groups is 1. The molecule has 1 atom stereocenters. The van der Waals surface area contributed by atoms with Gasteiger partial charge in [-0.3, -0.25) is 4.79 Å². The van der Waals surface area contributed by atoms with Gasteiger partial charge in [-0.2, -0.15) is 11.3 Å². The van der Waals surface area contributed by atoms with Crippen molar-refractivity contribution in [1.82, 2.24) is 5.32 Å². The highest BCUT2D eigenvalue weighted by atomic mass is 32.1. The van der Waals surface area contributed by atoms with Crippen molar-refractivity contribution >= 4 is 28.6 Å². The minimum atomic E-state index is -0.0575. The predicted octanol–water partition coefficient (Wildman–Crippen LogP) is 2.90. The van der Waals surface area contributed by atoms with E-state index in [0.717, 1.165) is 11.3 Å². The lowest BCUT2D eigenvalue weighted by atomic mass is 10.1. The van der Waals surface area contributed by atoms with Crippen LogP contribution in [0.3, 0.4) is 0 Å². The van der Waals surface area contributed by atoms with Crippen LogP contribution in [0.2, 0.25) is 0 Å². The summed E-state index contributed by atoms with van der Waals surface area (Å²) in [5.41, 5.74) is 1.24. The summed E-state index contributed by atoms with van der Waals surface area (Å²) in [7, 11) is 0. The number of hydrogen-bond donors (Lipinski definition) is 2. The zero-order valence-corrected chi connectivity index (χ0v) is 13.4. The quantitative estimate of drug-likeness (QED) is 0.833. The zero-order valence-electron chi connectivity index (χ0n) is 11.8. The molecule has 0 bridgehead atoms. The van der Waals surface area contributed by atoms with Crippen molar-refractivity contribution in [3.05, 3.63) is 44.3 Å². The van der Waals surface area contributed by atoms with Crippen molar-refractivity contribution in [2.24, 2.45) is 0 Å². The van der Waals surface area contributed by atoms with Gasteiger partial charge in [0.1, 0.15) is 0 Å². The third-order valence-corrected chi connectivity index (χ3v) is 4.51. The molecule has 2 N–H and O–H groups in total. The molecule has 0 aromatic carbocycles. The fraction of sp³-hybridized carbons (Fsp3) is 0.312. The van der Waals surface area contributed by atoms with Gasteiger partial charge >= 0.3 is 0 Å². The van der Waals surface area contributed by atoms with Gasteiger partial charge < -0.3 is 10.4 Å². The Balaban J connectivity index is 1.90. The SMILES string of the molecule is CC(Cc1ccsc1)NC(=O)c1ccc(C#CCCO)s1. The molecule has 2 rings (SSSR count). The monoisotopic (exact) mass is 319 g/mol. The molecule has 5 heteroatoms. The second-order valence-electron chi connectivity index (χ2n) is 4.65. The van der Waals surface area contributed by atoms with Crippen LogP contribution in [0.4, 0.5) is 0 Å². The summed E-state index contributed by atoms with van der Waals surface area (Å²) in [4.78, 5) is 13.7. The molecule has 0 aliphatic heterocycles. The van der Waals surface area contributed by atoms with E-state index in [4.69, 9.17) is 5.11 Å². The maximum absolute atomic E-state index is 12.1. The molecule has 0 fully saturated rings. The maximum atomic E-state index is 12.1. The molecular weight excluding hydrogens is 302 g/mol. The second kappa shape index (κ2) is 7.99. The van der Waals surface area contributed by atoms with Crippen molar-refractivity contribution in [3.8, 4) is 11.8 Å². The Bertz CT molecular complexity index is 635. The zero-order chi connectivity index (χ0) is 15.1. The molecule has 1 amide bonds. The van der Waals surface area contributed by atoms with Crippen molar-refractivity contribution < 1.29 is 9.90 Å². The summed E-state index contributed by atoms with van der Waals surface area (Å²) < 4.78 is 0. The standard InChI is InChI=1S/C16H17NO2S2/c1-12(10-13-7-9-20-11-13)17-16(19)15-6-5-14(21-15)4-2-3-8-18/h5-7,9,11-12,18H,3,8,10H2,1H3,(H,17,19). The number of carbonyl (C=O) groups excluding carboxylic acids is 1. The molecule has 0 aliphatic rings. The van der Waals surface area contributed by atoms with Gasteiger partial charge in [0, 0.05) is 12.5 Å². The highest BCUT2D eigenvalue weighted by molar-refractivity contribution is 7.14. The number of aliphatic hydroxyl groups is 1. The molecule has 2 heterocycles. The van der Waals surface area contributed by atoms with Gasteiger partial charge in [0.15, 0.2) is 0 Å². The van der Waals surface area contributed by atoms with Crippen LogP contribution in [0, 0.1) is 11.8 Å². The first-order valence-electron chi connectivity index (χ1n) is 6.70. The lowest BCUT2D eigenvalue weighted by molar-refractivity contribution is 0.0944. The lowest BCUT2D eigenvalue weighted by Gasteiger charge is -2.12. The largest absolute Gasteiger partial charge is 0.395 e. The summed E-state index contributed by atoms with van der Waals surface area (Å²) in [5, 5.41) is 15.8. The van der Waals surface area contributed by atoms with Crippen LogP contribution in [0.1, 0.15) is 33.5 Å². The molecule has 2 aromatic heterocycles. The minimum absolute atomic E-state index is 0.0575. The molecular formula is C16H17NO2S2. The topological polar surface area (TPSA) is 49.3 Å². The highest BCUT2D eigenvalue weighted by Crippen LogP contribution is 2.16. The number of aliphatic hydroxyl groups excluding tert-OH is 1. The molecule has 110 valence electrons. The number of amides is 1. The van der Waals surface area contributed by atoms with E-state index in [2.05, 4.69) is 28.6 Å². The number of thiophene rings is 2. The Morgan fingerprint density at radius 1 is 1.43 bits per heavy atom. The smallest absolute Gasteiger partial charge is 0.261 e. The van der Waals surface area contributed by atoms with Crippen molar-refractivity contribution in [3.63, 3.8) is 0 Å². The van der Waals surface area contributed by atoms with Crippen LogP contribution in [-0.2, 0) is 6.42 Å². The third-order valence-electron chi connectivity index (χ3n) is 2.78. The van der Waals surface area contributed by atoms with E-state index in [1.165, 1.54) is 16.9 Å². The molecule has 3 nitrogen and oxygen atoms in total. The van der Waals surface area contributed by atoms with Crippen molar-refractivity contribution in [2.45, 2.75) is 25.8 Å². The van der Waals surface area contributed by atoms with Crippen molar-refractivity contribution in [1.29, 1.82) is 0 Å². The van der Waals surface area contributed by atoms with Gasteiger partial charge in [0.2, 0.25) is 0 Å². The van der Waals surface area contributed by atoms with Crippen LogP contribution >= 0.6 is 22.7 Å².